The first-order chi connectivity index (χ1) is 15.8. The molecule has 3 aromatic rings. The van der Waals surface area contributed by atoms with Gasteiger partial charge in [0.1, 0.15) is 0 Å². The van der Waals surface area contributed by atoms with Crippen molar-refractivity contribution in [3.05, 3.63) is 79.3 Å². The molecule has 1 fully saturated rings. The van der Waals surface area contributed by atoms with Crippen LogP contribution in [-0.4, -0.2) is 20.1 Å². The molecule has 34 heavy (non-hydrogen) atoms. The molecular weight excluding hydrogens is 499 g/mol. The predicted octanol–water partition coefficient (Wildman–Crippen LogP) is 8.83. The molecule has 1 saturated heterocycles. The van der Waals surface area contributed by atoms with Crippen LogP contribution in [0.4, 0.5) is 0 Å². The molecule has 0 bridgehead atoms. The highest BCUT2D eigenvalue weighted by Crippen LogP contribution is 2.96. The number of hydrogen-bond donors (Lipinski definition) is 0. The lowest BCUT2D eigenvalue weighted by atomic mass is 10.0. The molecule has 4 rings (SSSR count). The summed E-state index contributed by atoms with van der Waals surface area (Å²) in [6.45, 7) is 20.6. The summed E-state index contributed by atoms with van der Waals surface area (Å²) >= 11 is 12.6. The van der Waals surface area contributed by atoms with Crippen LogP contribution in [0.3, 0.4) is 0 Å². The third kappa shape index (κ3) is 4.67. The first-order valence-corrected chi connectivity index (χ1v) is 15.3. The Morgan fingerprint density at radius 1 is 0.647 bits per heavy atom. The average molecular weight is 532 g/mol. The maximum absolute atomic E-state index is 6.32. The molecule has 180 valence electrons. The summed E-state index contributed by atoms with van der Waals surface area (Å²) in [4.78, 5) is 13.4. The third-order valence-corrected chi connectivity index (χ3v) is 15.3. The largest absolute Gasteiger partial charge is 0.227 e. The maximum atomic E-state index is 6.32. The quantitative estimate of drug-likeness (QED) is 0.317. The van der Waals surface area contributed by atoms with Crippen LogP contribution in [-0.2, 0) is 0 Å². The zero-order valence-electron chi connectivity index (χ0n) is 21.5. The van der Waals surface area contributed by atoms with Crippen molar-refractivity contribution in [2.45, 2.75) is 78.3 Å². The van der Waals surface area contributed by atoms with E-state index in [1.54, 1.807) is 0 Å². The SMILES string of the molecule is Cc1cc(C)c(C2P(c3nc(Cl)nc(Cl)n3)C(c3c(C)cc(C)cc3C)P2C(C)(C)C)c(C)c1. The van der Waals surface area contributed by atoms with Gasteiger partial charge in [-0.1, -0.05) is 64.1 Å². The Bertz CT molecular complexity index is 1140. The molecule has 1 aliphatic heterocycles. The molecule has 3 nitrogen and oxygen atoms in total. The lowest BCUT2D eigenvalue weighted by Crippen LogP contribution is -2.34. The Hall–Kier alpha value is -1.11. The monoisotopic (exact) mass is 531 g/mol. The van der Waals surface area contributed by atoms with E-state index in [-0.39, 0.29) is 15.7 Å². The molecule has 2 aromatic carbocycles. The zero-order chi connectivity index (χ0) is 25.1. The number of aromatic nitrogens is 3. The Kier molecular flexibility index (Phi) is 7.18. The van der Waals surface area contributed by atoms with Crippen molar-refractivity contribution in [1.82, 2.24) is 15.0 Å². The minimum absolute atomic E-state index is 0.150. The van der Waals surface area contributed by atoms with E-state index in [0.29, 0.717) is 10.8 Å². The molecule has 1 aliphatic rings. The van der Waals surface area contributed by atoms with E-state index < -0.39 is 15.8 Å². The van der Waals surface area contributed by atoms with Gasteiger partial charge in [0.25, 0.3) is 0 Å². The molecule has 0 spiro atoms. The lowest BCUT2D eigenvalue weighted by molar-refractivity contribution is 0.764. The van der Waals surface area contributed by atoms with Crippen LogP contribution in [0.25, 0.3) is 0 Å². The first-order valence-electron chi connectivity index (χ1n) is 11.6. The summed E-state index contributed by atoms with van der Waals surface area (Å²) in [5.41, 5.74) is 11.7. The van der Waals surface area contributed by atoms with E-state index in [1.165, 1.54) is 44.5 Å². The zero-order valence-corrected chi connectivity index (χ0v) is 24.8. The van der Waals surface area contributed by atoms with Gasteiger partial charge in [-0.25, -0.2) is 0 Å². The molecular formula is C27H33Cl2N3P2. The molecule has 0 amide bonds. The van der Waals surface area contributed by atoms with Crippen molar-refractivity contribution < 1.29 is 0 Å². The molecule has 2 heterocycles. The summed E-state index contributed by atoms with van der Waals surface area (Å²) in [5.74, 6) is 0. The summed E-state index contributed by atoms with van der Waals surface area (Å²) in [7, 11) is -1.24. The van der Waals surface area contributed by atoms with Crippen LogP contribution >= 0.6 is 39.0 Å². The number of hydrogen-bond acceptors (Lipinski definition) is 3. The van der Waals surface area contributed by atoms with Crippen molar-refractivity contribution in [3.63, 3.8) is 0 Å². The van der Waals surface area contributed by atoms with Crippen LogP contribution in [0.15, 0.2) is 24.3 Å². The van der Waals surface area contributed by atoms with E-state index >= 15 is 0 Å². The Balaban J connectivity index is 2.02. The van der Waals surface area contributed by atoms with Gasteiger partial charge in [-0.3, -0.25) is 0 Å². The molecule has 7 heteroatoms. The molecule has 2 unspecified atom stereocenters. The van der Waals surface area contributed by atoms with Crippen molar-refractivity contribution in [2.75, 3.05) is 0 Å². The first kappa shape index (κ1) is 26.0. The Labute approximate surface area is 216 Å². The number of aryl methyl sites for hydroxylation is 6. The highest BCUT2D eigenvalue weighted by Gasteiger charge is 2.58. The van der Waals surface area contributed by atoms with Crippen molar-refractivity contribution in [2.24, 2.45) is 0 Å². The van der Waals surface area contributed by atoms with Gasteiger partial charge in [-0.15, -0.1) is 0 Å². The summed E-state index contributed by atoms with van der Waals surface area (Å²) in [6, 6.07) is 9.26. The van der Waals surface area contributed by atoms with Crippen LogP contribution in [0.1, 0.15) is 76.1 Å². The molecule has 0 radical (unpaired) electrons. The highest BCUT2D eigenvalue weighted by molar-refractivity contribution is 7.95. The van der Waals surface area contributed by atoms with Gasteiger partial charge in [-0.05, 0) is 111 Å². The van der Waals surface area contributed by atoms with Gasteiger partial charge in [-0.2, -0.15) is 15.0 Å². The number of benzene rings is 2. The number of nitrogens with zero attached hydrogens (tertiary/aromatic N) is 3. The minimum Gasteiger partial charge on any atom is -0.198 e. The normalized spacial score (nSPS) is 22.6. The van der Waals surface area contributed by atoms with E-state index in [4.69, 9.17) is 23.2 Å². The van der Waals surface area contributed by atoms with Gasteiger partial charge >= 0.3 is 0 Å². The smallest absolute Gasteiger partial charge is 0.198 e. The fourth-order valence-electron chi connectivity index (χ4n) is 5.60. The van der Waals surface area contributed by atoms with Crippen molar-refractivity contribution in [1.29, 1.82) is 0 Å². The molecule has 2 atom stereocenters. The van der Waals surface area contributed by atoms with Gasteiger partial charge in [0.05, 0.1) is 0 Å². The van der Waals surface area contributed by atoms with Crippen LogP contribution in [0, 0.1) is 41.5 Å². The van der Waals surface area contributed by atoms with E-state index in [0.717, 1.165) is 5.57 Å². The van der Waals surface area contributed by atoms with Crippen LogP contribution in [0.5, 0.6) is 0 Å². The molecule has 0 aliphatic carbocycles. The number of halogens is 2. The molecule has 1 aromatic heterocycles. The minimum atomic E-state index is -0.795. The van der Waals surface area contributed by atoms with Gasteiger partial charge in [0, 0.05) is 10.8 Å². The molecule has 0 saturated carbocycles. The summed E-state index contributed by atoms with van der Waals surface area (Å²) < 4.78 is 0. The van der Waals surface area contributed by atoms with Gasteiger partial charge in [0.2, 0.25) is 10.6 Å². The van der Waals surface area contributed by atoms with Gasteiger partial charge < -0.3 is 0 Å². The standard InChI is InChI=1S/C27H33Cl2N3P2/c1-14-10-16(3)20(17(4)11-14)22-33(26-31-24(28)30-25(29)32-26)23(34(22)27(7,8)9)21-18(5)12-15(2)13-19(21)6/h10-13,22-23H,1-9H3. The fourth-order valence-corrected chi connectivity index (χ4v) is 17.1. The topological polar surface area (TPSA) is 38.7 Å². The van der Waals surface area contributed by atoms with E-state index in [1.807, 2.05) is 0 Å². The lowest BCUT2D eigenvalue weighted by Gasteiger charge is -2.59. The summed E-state index contributed by atoms with van der Waals surface area (Å²) in [6.07, 6.45) is 0. The van der Waals surface area contributed by atoms with Gasteiger partial charge in [0.15, 0.2) is 5.57 Å². The predicted molar refractivity (Wildman–Crippen MR) is 150 cm³/mol. The van der Waals surface area contributed by atoms with Crippen LogP contribution < -0.4 is 5.57 Å². The average Bonchev–Trinajstić information content (AvgIpc) is 2.62. The van der Waals surface area contributed by atoms with Crippen molar-refractivity contribution >= 4 is 44.6 Å². The van der Waals surface area contributed by atoms with Crippen molar-refractivity contribution in [3.8, 4) is 0 Å². The van der Waals surface area contributed by atoms with Crippen LogP contribution in [0.2, 0.25) is 10.6 Å². The Morgan fingerprint density at radius 2 is 1.00 bits per heavy atom. The Morgan fingerprint density at radius 3 is 1.32 bits per heavy atom. The third-order valence-electron chi connectivity index (χ3n) is 6.62. The number of rotatable bonds is 3. The summed E-state index contributed by atoms with van der Waals surface area (Å²) in [5, 5.41) is 1.27. The molecule has 0 N–H and O–H groups in total. The van der Waals surface area contributed by atoms with E-state index in [9.17, 15) is 0 Å². The maximum Gasteiger partial charge on any atom is 0.227 e. The fraction of sp³-hybridized carbons (Fsp3) is 0.444. The van der Waals surface area contributed by atoms with E-state index in [2.05, 4.69) is 102 Å². The second-order valence-corrected chi connectivity index (χ2v) is 17.5. The second-order valence-electron chi connectivity index (χ2n) is 10.5. The second kappa shape index (κ2) is 9.40. The highest BCUT2D eigenvalue weighted by atomic mass is 35.5.